The zero-order valence-electron chi connectivity index (χ0n) is 12.0. The van der Waals surface area contributed by atoms with Crippen LogP contribution in [-0.4, -0.2) is 19.5 Å². The fraction of sp³-hybridized carbons (Fsp3) is 0.562. The van der Waals surface area contributed by atoms with Crippen LogP contribution in [0, 0.1) is 11.7 Å². The van der Waals surface area contributed by atoms with Crippen molar-refractivity contribution in [3.8, 4) is 0 Å². The van der Waals surface area contributed by atoms with Crippen LogP contribution in [0.2, 0.25) is 0 Å². The van der Waals surface area contributed by atoms with Crippen LogP contribution in [-0.2, 0) is 0 Å². The van der Waals surface area contributed by atoms with E-state index in [2.05, 4.69) is 10.6 Å². The van der Waals surface area contributed by atoms with Crippen molar-refractivity contribution in [3.63, 3.8) is 0 Å². The normalized spacial score (nSPS) is 15.9. The summed E-state index contributed by atoms with van der Waals surface area (Å²) in [7, 11) is 1.62. The van der Waals surface area contributed by atoms with Crippen molar-refractivity contribution < 1.29 is 9.18 Å². The summed E-state index contributed by atoms with van der Waals surface area (Å²) < 4.78 is 13.6. The summed E-state index contributed by atoms with van der Waals surface area (Å²) in [5, 5.41) is 5.65. The topological polar surface area (TPSA) is 41.1 Å². The molecule has 2 N–H and O–H groups in total. The number of anilines is 1. The van der Waals surface area contributed by atoms with Gasteiger partial charge in [0.2, 0.25) is 0 Å². The molecule has 0 radical (unpaired) electrons. The van der Waals surface area contributed by atoms with E-state index in [1.54, 1.807) is 19.2 Å². The standard InChI is InChI=1S/C16H23FN2O/c1-18-15-13(8-5-9-14(15)17)16(20)19-11-10-12-6-3-2-4-7-12/h5,8-9,12,18H,2-4,6-7,10-11H2,1H3,(H,19,20). The molecule has 1 aromatic rings. The van der Waals surface area contributed by atoms with Gasteiger partial charge in [-0.2, -0.15) is 0 Å². The highest BCUT2D eigenvalue weighted by molar-refractivity contribution is 5.99. The summed E-state index contributed by atoms with van der Waals surface area (Å²) in [6, 6.07) is 4.56. The summed E-state index contributed by atoms with van der Waals surface area (Å²) >= 11 is 0. The number of para-hydroxylation sites is 1. The van der Waals surface area contributed by atoms with Crippen molar-refractivity contribution in [1.82, 2.24) is 5.32 Å². The number of hydrogen-bond donors (Lipinski definition) is 2. The molecule has 2 rings (SSSR count). The van der Waals surface area contributed by atoms with Crippen LogP contribution in [0.5, 0.6) is 0 Å². The maximum absolute atomic E-state index is 13.6. The van der Waals surface area contributed by atoms with E-state index in [9.17, 15) is 9.18 Å². The van der Waals surface area contributed by atoms with Crippen LogP contribution >= 0.6 is 0 Å². The third-order valence-electron chi connectivity index (χ3n) is 4.07. The number of halogens is 1. The molecule has 1 aliphatic carbocycles. The number of carbonyl (C=O) groups is 1. The lowest BCUT2D eigenvalue weighted by atomic mass is 9.87. The highest BCUT2D eigenvalue weighted by Gasteiger charge is 2.16. The van der Waals surface area contributed by atoms with Crippen molar-refractivity contribution in [2.24, 2.45) is 5.92 Å². The summed E-state index contributed by atoms with van der Waals surface area (Å²) in [5.41, 5.74) is 0.638. The third kappa shape index (κ3) is 3.71. The lowest BCUT2D eigenvalue weighted by Crippen LogP contribution is -2.27. The van der Waals surface area contributed by atoms with Gasteiger partial charge in [0, 0.05) is 13.6 Å². The number of hydrogen-bond acceptors (Lipinski definition) is 2. The monoisotopic (exact) mass is 278 g/mol. The van der Waals surface area contributed by atoms with Crippen LogP contribution < -0.4 is 10.6 Å². The maximum Gasteiger partial charge on any atom is 0.253 e. The molecule has 1 aliphatic rings. The average molecular weight is 278 g/mol. The van der Waals surface area contributed by atoms with Crippen LogP contribution in [0.4, 0.5) is 10.1 Å². The lowest BCUT2D eigenvalue weighted by molar-refractivity contribution is 0.0951. The average Bonchev–Trinajstić information content (AvgIpc) is 2.48. The van der Waals surface area contributed by atoms with Gasteiger partial charge in [-0.15, -0.1) is 0 Å². The molecule has 0 aliphatic heterocycles. The minimum Gasteiger partial charge on any atom is -0.385 e. The summed E-state index contributed by atoms with van der Waals surface area (Å²) in [5.74, 6) is 0.136. The lowest BCUT2D eigenvalue weighted by Gasteiger charge is -2.21. The van der Waals surface area contributed by atoms with Gasteiger partial charge in [0.15, 0.2) is 0 Å². The Morgan fingerprint density at radius 3 is 2.75 bits per heavy atom. The van der Waals surface area contributed by atoms with Crippen molar-refractivity contribution >= 4 is 11.6 Å². The number of benzene rings is 1. The van der Waals surface area contributed by atoms with E-state index >= 15 is 0 Å². The molecular weight excluding hydrogens is 255 g/mol. The Morgan fingerprint density at radius 2 is 2.05 bits per heavy atom. The molecule has 0 saturated heterocycles. The molecule has 0 atom stereocenters. The molecular formula is C16H23FN2O. The number of carbonyl (C=O) groups excluding carboxylic acids is 1. The molecule has 0 spiro atoms. The van der Waals surface area contributed by atoms with E-state index in [0.717, 1.165) is 12.3 Å². The van der Waals surface area contributed by atoms with Gasteiger partial charge in [-0.25, -0.2) is 4.39 Å². The van der Waals surface area contributed by atoms with E-state index in [1.165, 1.54) is 38.2 Å². The molecule has 1 fully saturated rings. The predicted molar refractivity (Wildman–Crippen MR) is 79.5 cm³/mol. The molecule has 1 aromatic carbocycles. The van der Waals surface area contributed by atoms with Gasteiger partial charge in [0.25, 0.3) is 5.91 Å². The minimum absolute atomic E-state index is 0.204. The molecule has 0 bridgehead atoms. The fourth-order valence-electron chi connectivity index (χ4n) is 2.93. The Bertz CT molecular complexity index is 456. The summed E-state index contributed by atoms with van der Waals surface area (Å²) in [6.07, 6.45) is 7.54. The molecule has 0 aromatic heterocycles. The van der Waals surface area contributed by atoms with Crippen molar-refractivity contribution in [2.45, 2.75) is 38.5 Å². The van der Waals surface area contributed by atoms with E-state index in [0.29, 0.717) is 12.1 Å². The smallest absolute Gasteiger partial charge is 0.253 e. The van der Waals surface area contributed by atoms with Crippen LogP contribution in [0.1, 0.15) is 48.9 Å². The fourth-order valence-corrected chi connectivity index (χ4v) is 2.93. The Balaban J connectivity index is 1.87. The van der Waals surface area contributed by atoms with Gasteiger partial charge in [0.05, 0.1) is 11.3 Å². The Labute approximate surface area is 120 Å². The molecule has 110 valence electrons. The highest BCUT2D eigenvalue weighted by atomic mass is 19.1. The second-order valence-electron chi connectivity index (χ2n) is 5.46. The largest absolute Gasteiger partial charge is 0.385 e. The van der Waals surface area contributed by atoms with Gasteiger partial charge in [-0.1, -0.05) is 38.2 Å². The van der Waals surface area contributed by atoms with Crippen LogP contribution in [0.3, 0.4) is 0 Å². The molecule has 20 heavy (non-hydrogen) atoms. The van der Waals surface area contributed by atoms with E-state index < -0.39 is 5.82 Å². The first kappa shape index (κ1) is 14.8. The first-order valence-corrected chi connectivity index (χ1v) is 7.47. The van der Waals surface area contributed by atoms with Gasteiger partial charge in [-0.05, 0) is 24.5 Å². The number of rotatable bonds is 5. The molecule has 0 heterocycles. The second-order valence-corrected chi connectivity index (χ2v) is 5.46. The van der Waals surface area contributed by atoms with E-state index in [4.69, 9.17) is 0 Å². The van der Waals surface area contributed by atoms with Crippen LogP contribution in [0.25, 0.3) is 0 Å². The van der Waals surface area contributed by atoms with Gasteiger partial charge in [0.1, 0.15) is 5.82 Å². The van der Waals surface area contributed by atoms with Crippen molar-refractivity contribution in [1.29, 1.82) is 0 Å². The first-order valence-electron chi connectivity index (χ1n) is 7.47. The predicted octanol–water partition coefficient (Wildman–Crippen LogP) is 3.57. The summed E-state index contributed by atoms with van der Waals surface area (Å²) in [6.45, 7) is 0.670. The molecule has 1 amide bonds. The molecule has 0 unspecified atom stereocenters. The summed E-state index contributed by atoms with van der Waals surface area (Å²) in [4.78, 5) is 12.1. The quantitative estimate of drug-likeness (QED) is 0.864. The minimum atomic E-state index is -0.396. The highest BCUT2D eigenvalue weighted by Crippen LogP contribution is 2.26. The second kappa shape index (κ2) is 7.27. The van der Waals surface area contributed by atoms with Crippen molar-refractivity contribution in [2.75, 3.05) is 18.9 Å². The van der Waals surface area contributed by atoms with Crippen molar-refractivity contribution in [3.05, 3.63) is 29.6 Å². The van der Waals surface area contributed by atoms with Gasteiger partial charge < -0.3 is 10.6 Å². The van der Waals surface area contributed by atoms with Crippen LogP contribution in [0.15, 0.2) is 18.2 Å². The third-order valence-corrected chi connectivity index (χ3v) is 4.07. The van der Waals surface area contributed by atoms with Gasteiger partial charge in [-0.3, -0.25) is 4.79 Å². The Morgan fingerprint density at radius 1 is 1.30 bits per heavy atom. The number of amides is 1. The van der Waals surface area contributed by atoms with Gasteiger partial charge >= 0.3 is 0 Å². The SMILES string of the molecule is CNc1c(F)cccc1C(=O)NCCC1CCCCC1. The number of nitrogens with one attached hydrogen (secondary N) is 2. The molecule has 3 nitrogen and oxygen atoms in total. The zero-order chi connectivity index (χ0) is 14.4. The Hall–Kier alpha value is -1.58. The zero-order valence-corrected chi connectivity index (χ0v) is 12.0. The maximum atomic E-state index is 13.6. The van der Waals surface area contributed by atoms with E-state index in [-0.39, 0.29) is 11.6 Å². The first-order chi connectivity index (χ1) is 9.72. The Kier molecular flexibility index (Phi) is 5.39. The van der Waals surface area contributed by atoms with E-state index in [1.807, 2.05) is 0 Å². The molecule has 1 saturated carbocycles. The molecule has 4 heteroatoms.